The highest BCUT2D eigenvalue weighted by Crippen LogP contribution is 2.31. The van der Waals surface area contributed by atoms with Gasteiger partial charge in [-0.2, -0.15) is 0 Å². The van der Waals surface area contributed by atoms with Gasteiger partial charge in [0.05, 0.1) is 18.2 Å². The molecule has 0 radical (unpaired) electrons. The number of halogens is 2. The van der Waals surface area contributed by atoms with E-state index in [0.717, 1.165) is 5.56 Å². The van der Waals surface area contributed by atoms with Gasteiger partial charge < -0.3 is 10.1 Å². The van der Waals surface area contributed by atoms with E-state index in [1.54, 1.807) is 39.3 Å². The minimum Gasteiger partial charge on any atom is -0.495 e. The highest BCUT2D eigenvalue weighted by molar-refractivity contribution is 6.32. The zero-order valence-corrected chi connectivity index (χ0v) is 12.5. The maximum absolute atomic E-state index is 14.3. The number of hydrogen-bond donors (Lipinski definition) is 1. The van der Waals surface area contributed by atoms with E-state index in [1.165, 1.54) is 0 Å². The lowest BCUT2D eigenvalue weighted by atomic mass is 9.96. The molecule has 0 saturated carbocycles. The summed E-state index contributed by atoms with van der Waals surface area (Å²) in [4.78, 5) is 0. The van der Waals surface area contributed by atoms with Crippen molar-refractivity contribution < 1.29 is 9.13 Å². The molecular weight excluding hydrogens is 277 g/mol. The first kappa shape index (κ1) is 14.8. The largest absolute Gasteiger partial charge is 0.495 e. The van der Waals surface area contributed by atoms with E-state index in [9.17, 15) is 4.39 Å². The number of aryl methyl sites for hydroxylation is 1. The molecule has 0 heterocycles. The third-order valence-electron chi connectivity index (χ3n) is 3.33. The van der Waals surface area contributed by atoms with E-state index in [-0.39, 0.29) is 11.9 Å². The molecule has 0 spiro atoms. The fourth-order valence-corrected chi connectivity index (χ4v) is 2.45. The predicted octanol–water partition coefficient (Wildman–Crippen LogP) is 4.10. The maximum Gasteiger partial charge on any atom is 0.137 e. The Morgan fingerprint density at radius 3 is 2.65 bits per heavy atom. The van der Waals surface area contributed by atoms with Crippen molar-refractivity contribution in [3.63, 3.8) is 0 Å². The molecule has 2 aromatic rings. The molecule has 1 unspecified atom stereocenters. The highest BCUT2D eigenvalue weighted by Gasteiger charge is 2.18. The second-order valence-corrected chi connectivity index (χ2v) is 5.00. The molecule has 2 nitrogen and oxygen atoms in total. The van der Waals surface area contributed by atoms with E-state index in [1.807, 2.05) is 18.2 Å². The zero-order chi connectivity index (χ0) is 14.7. The van der Waals surface area contributed by atoms with Crippen LogP contribution in [-0.2, 0) is 0 Å². The molecule has 4 heteroatoms. The molecular formula is C16H17ClFNO. The van der Waals surface area contributed by atoms with Crippen LogP contribution in [0.2, 0.25) is 5.02 Å². The molecule has 0 saturated heterocycles. The summed E-state index contributed by atoms with van der Waals surface area (Å²) in [6.45, 7) is 1.76. The minimum atomic E-state index is -0.249. The number of benzene rings is 2. The number of methoxy groups -OCH3 is 1. The average molecular weight is 294 g/mol. The average Bonchev–Trinajstić information content (AvgIpc) is 2.45. The Balaban J connectivity index is 2.49. The van der Waals surface area contributed by atoms with Crippen LogP contribution in [-0.4, -0.2) is 14.2 Å². The summed E-state index contributed by atoms with van der Waals surface area (Å²) < 4.78 is 19.5. The molecule has 0 fully saturated rings. The normalized spacial score (nSPS) is 12.2. The van der Waals surface area contributed by atoms with E-state index in [4.69, 9.17) is 16.3 Å². The van der Waals surface area contributed by atoms with Crippen molar-refractivity contribution in [3.8, 4) is 5.75 Å². The van der Waals surface area contributed by atoms with Gasteiger partial charge >= 0.3 is 0 Å². The molecule has 0 aliphatic carbocycles. The van der Waals surface area contributed by atoms with Crippen LogP contribution >= 0.6 is 11.6 Å². The Bertz CT molecular complexity index is 615. The van der Waals surface area contributed by atoms with Crippen LogP contribution < -0.4 is 10.1 Å². The molecule has 0 bridgehead atoms. The SMILES string of the molecule is CNC(c1ccc(Cl)c(OC)c1)c1cccc(C)c1F. The van der Waals surface area contributed by atoms with Crippen LogP contribution in [0.1, 0.15) is 22.7 Å². The number of ether oxygens (including phenoxy) is 1. The first-order chi connectivity index (χ1) is 9.58. The lowest BCUT2D eigenvalue weighted by Gasteiger charge is -2.19. The lowest BCUT2D eigenvalue weighted by molar-refractivity contribution is 0.414. The summed E-state index contributed by atoms with van der Waals surface area (Å²) in [5, 5.41) is 3.67. The molecule has 0 aliphatic heterocycles. The summed E-state index contributed by atoms with van der Waals surface area (Å²) >= 11 is 6.03. The smallest absolute Gasteiger partial charge is 0.137 e. The summed E-state index contributed by atoms with van der Waals surface area (Å²) in [5.74, 6) is 0.387. The summed E-state index contributed by atoms with van der Waals surface area (Å²) in [5.41, 5.74) is 2.14. The van der Waals surface area contributed by atoms with Crippen molar-refractivity contribution in [1.82, 2.24) is 5.32 Å². The van der Waals surface area contributed by atoms with Crippen LogP contribution in [0.3, 0.4) is 0 Å². The second-order valence-electron chi connectivity index (χ2n) is 4.59. The van der Waals surface area contributed by atoms with Gasteiger partial charge in [0.25, 0.3) is 0 Å². The van der Waals surface area contributed by atoms with Gasteiger partial charge in [-0.25, -0.2) is 4.39 Å². The Hall–Kier alpha value is -1.58. The van der Waals surface area contributed by atoms with Gasteiger partial charge in [-0.3, -0.25) is 0 Å². The van der Waals surface area contributed by atoms with Crippen LogP contribution in [0.5, 0.6) is 5.75 Å². The fourth-order valence-electron chi connectivity index (χ4n) is 2.25. The summed E-state index contributed by atoms with van der Waals surface area (Å²) in [6, 6.07) is 10.6. The Kier molecular flexibility index (Phi) is 4.63. The highest BCUT2D eigenvalue weighted by atomic mass is 35.5. The second kappa shape index (κ2) is 6.25. The molecule has 20 heavy (non-hydrogen) atoms. The maximum atomic E-state index is 14.3. The van der Waals surface area contributed by atoms with Crippen LogP contribution in [0.15, 0.2) is 36.4 Å². The van der Waals surface area contributed by atoms with Gasteiger partial charge in [-0.1, -0.05) is 35.9 Å². The molecule has 106 valence electrons. The number of nitrogens with one attached hydrogen (secondary N) is 1. The first-order valence-electron chi connectivity index (χ1n) is 6.34. The van der Waals surface area contributed by atoms with Crippen molar-refractivity contribution in [2.45, 2.75) is 13.0 Å². The standard InChI is InChI=1S/C16H17ClFNO/c1-10-5-4-6-12(15(10)18)16(19-2)11-7-8-13(17)14(9-11)20-3/h4-9,16,19H,1-3H3. The molecule has 0 amide bonds. The van der Waals surface area contributed by atoms with Crippen molar-refractivity contribution >= 4 is 11.6 Å². The fraction of sp³-hybridized carbons (Fsp3) is 0.250. The van der Waals surface area contributed by atoms with Crippen LogP contribution in [0.4, 0.5) is 4.39 Å². The number of hydrogen-bond acceptors (Lipinski definition) is 2. The van der Waals surface area contributed by atoms with Crippen molar-refractivity contribution in [2.75, 3.05) is 14.2 Å². The summed E-state index contributed by atoms with van der Waals surface area (Å²) in [7, 11) is 3.36. The number of rotatable bonds is 4. The third kappa shape index (κ3) is 2.79. The van der Waals surface area contributed by atoms with E-state index < -0.39 is 0 Å². The van der Waals surface area contributed by atoms with Gasteiger partial charge in [-0.05, 0) is 37.2 Å². The van der Waals surface area contributed by atoms with E-state index in [2.05, 4.69) is 5.32 Å². The zero-order valence-electron chi connectivity index (χ0n) is 11.7. The predicted molar refractivity (Wildman–Crippen MR) is 80.0 cm³/mol. The minimum absolute atomic E-state index is 0.194. The summed E-state index contributed by atoms with van der Waals surface area (Å²) in [6.07, 6.45) is 0. The van der Waals surface area contributed by atoms with Crippen molar-refractivity contribution in [1.29, 1.82) is 0 Å². The molecule has 2 aromatic carbocycles. The molecule has 2 rings (SSSR count). The van der Waals surface area contributed by atoms with Crippen molar-refractivity contribution in [2.24, 2.45) is 0 Å². The molecule has 0 aromatic heterocycles. The third-order valence-corrected chi connectivity index (χ3v) is 3.64. The van der Waals surface area contributed by atoms with Crippen molar-refractivity contribution in [3.05, 3.63) is 63.9 Å². The topological polar surface area (TPSA) is 21.3 Å². The van der Waals surface area contributed by atoms with E-state index in [0.29, 0.717) is 21.9 Å². The monoisotopic (exact) mass is 293 g/mol. The Morgan fingerprint density at radius 1 is 1.25 bits per heavy atom. The quantitative estimate of drug-likeness (QED) is 0.916. The van der Waals surface area contributed by atoms with Crippen LogP contribution in [0.25, 0.3) is 0 Å². The van der Waals surface area contributed by atoms with E-state index >= 15 is 0 Å². The van der Waals surface area contributed by atoms with Gasteiger partial charge in [0.2, 0.25) is 0 Å². The Labute approximate surface area is 123 Å². The lowest BCUT2D eigenvalue weighted by Crippen LogP contribution is -2.19. The molecule has 1 atom stereocenters. The van der Waals surface area contributed by atoms with Gasteiger partial charge in [0, 0.05) is 5.56 Å². The van der Waals surface area contributed by atoms with Gasteiger partial charge in [0.1, 0.15) is 11.6 Å². The molecule has 0 aliphatic rings. The molecule has 1 N–H and O–H groups in total. The van der Waals surface area contributed by atoms with Gasteiger partial charge in [-0.15, -0.1) is 0 Å². The van der Waals surface area contributed by atoms with Crippen LogP contribution in [0, 0.1) is 12.7 Å². The first-order valence-corrected chi connectivity index (χ1v) is 6.72. The Morgan fingerprint density at radius 2 is 2.00 bits per heavy atom. The van der Waals surface area contributed by atoms with Gasteiger partial charge in [0.15, 0.2) is 0 Å².